The van der Waals surface area contributed by atoms with Crippen LogP contribution in [0.15, 0.2) is 48.7 Å². The molecule has 0 aliphatic carbocycles. The van der Waals surface area contributed by atoms with Crippen LogP contribution in [0.25, 0.3) is 5.70 Å². The number of rotatable bonds is 13. The molecule has 1 heterocycles. The second-order valence-corrected chi connectivity index (χ2v) is 10.5. The zero-order valence-corrected chi connectivity index (χ0v) is 25.8. The fraction of sp³-hybridized carbons (Fsp3) is 0.419. The molecule has 0 fully saturated rings. The maximum Gasteiger partial charge on any atom is 0.359 e. The van der Waals surface area contributed by atoms with E-state index < -0.39 is 47.4 Å². The van der Waals surface area contributed by atoms with Crippen LogP contribution in [-0.4, -0.2) is 96.6 Å². The average Bonchev–Trinajstić information content (AvgIpc) is 2.98. The van der Waals surface area contributed by atoms with Crippen molar-refractivity contribution in [3.8, 4) is 17.2 Å². The van der Waals surface area contributed by atoms with Gasteiger partial charge in [-0.1, -0.05) is 44.2 Å². The Labute approximate surface area is 255 Å². The number of nitrogens with zero attached hydrogens (tertiary/aromatic N) is 2. The number of carboxylic acid groups (broad SMARTS) is 1. The lowest BCUT2D eigenvalue weighted by atomic mass is 9.89. The van der Waals surface area contributed by atoms with E-state index in [1.54, 1.807) is 44.2 Å². The molecule has 3 rings (SSSR count). The summed E-state index contributed by atoms with van der Waals surface area (Å²) in [5.74, 6) is -3.63. The second-order valence-electron chi connectivity index (χ2n) is 10.5. The van der Waals surface area contributed by atoms with Gasteiger partial charge in [0.2, 0.25) is 11.7 Å². The first-order chi connectivity index (χ1) is 20.8. The van der Waals surface area contributed by atoms with Gasteiger partial charge in [-0.2, -0.15) is 0 Å². The molecule has 3 atom stereocenters. The van der Waals surface area contributed by atoms with Gasteiger partial charge in [-0.3, -0.25) is 19.3 Å². The number of benzene rings is 2. The van der Waals surface area contributed by atoms with Gasteiger partial charge in [-0.15, -0.1) is 0 Å². The summed E-state index contributed by atoms with van der Waals surface area (Å²) in [5.41, 5.74) is -2.10. The molecular weight excluding hydrogens is 574 g/mol. The first-order valence-electron chi connectivity index (χ1n) is 13.8. The number of aliphatic hydroxyl groups is 1. The molecule has 0 saturated carbocycles. The van der Waals surface area contributed by atoms with Crippen molar-refractivity contribution in [1.29, 1.82) is 0 Å². The highest BCUT2D eigenvalue weighted by Crippen LogP contribution is 2.43. The number of amides is 3. The lowest BCUT2D eigenvalue weighted by Gasteiger charge is -2.47. The molecule has 0 bridgehead atoms. The van der Waals surface area contributed by atoms with Crippen LogP contribution in [0.1, 0.15) is 31.9 Å². The van der Waals surface area contributed by atoms with E-state index in [1.807, 2.05) is 0 Å². The van der Waals surface area contributed by atoms with Crippen LogP contribution in [0, 0.1) is 5.92 Å². The molecule has 1 aliphatic rings. The Hall–Kier alpha value is -4.62. The number of carbonyl (C=O) groups excluding carboxylic acids is 3. The van der Waals surface area contributed by atoms with Crippen LogP contribution in [0.2, 0.25) is 0 Å². The summed E-state index contributed by atoms with van der Waals surface area (Å²) >= 11 is 0. The van der Waals surface area contributed by atoms with Crippen molar-refractivity contribution >= 4 is 29.4 Å². The van der Waals surface area contributed by atoms with Gasteiger partial charge in [0.05, 0.1) is 27.0 Å². The molecule has 0 aromatic heterocycles. The SMILES string of the molecule is COCC(=O)N1C=C(c2cc(OC)c(OC)c(OC)c2)N([C@@H](Cc2ccccc2)C(O)(NC(C)=O)C(=O)O)C(=O)C1C(C)C. The van der Waals surface area contributed by atoms with E-state index in [2.05, 4.69) is 5.32 Å². The Balaban J connectivity index is 2.45. The van der Waals surface area contributed by atoms with Crippen LogP contribution in [0.3, 0.4) is 0 Å². The standard InChI is InChI=1S/C31H39N3O10/c1-18(2)27-29(37)34(25(13-20-11-9-8-10-12-20)31(40,30(38)39)32-19(3)35)22(16-33(27)26(36)17-41-4)21-14-23(42-5)28(44-7)24(15-21)43-6/h8-12,14-16,18,25,27,40H,13,17H2,1-7H3,(H,32,35)(H,38,39)/t25-,27?,31?/m0/s1. The lowest BCUT2D eigenvalue weighted by molar-refractivity contribution is -0.176. The van der Waals surface area contributed by atoms with Crippen molar-refractivity contribution in [2.24, 2.45) is 5.92 Å². The minimum Gasteiger partial charge on any atom is -0.493 e. The summed E-state index contributed by atoms with van der Waals surface area (Å²) in [5, 5.41) is 24.3. The predicted molar refractivity (Wildman–Crippen MR) is 159 cm³/mol. The average molecular weight is 614 g/mol. The van der Waals surface area contributed by atoms with Crippen molar-refractivity contribution < 1.29 is 48.3 Å². The third kappa shape index (κ3) is 6.79. The van der Waals surface area contributed by atoms with Gasteiger partial charge in [-0.05, 0) is 30.0 Å². The maximum absolute atomic E-state index is 14.6. The summed E-state index contributed by atoms with van der Waals surface area (Å²) in [6, 6.07) is 8.95. The first kappa shape index (κ1) is 33.9. The molecular formula is C31H39N3O10. The third-order valence-corrected chi connectivity index (χ3v) is 7.22. The number of aliphatic carboxylic acids is 1. The number of carboxylic acids is 1. The molecule has 3 N–H and O–H groups in total. The van der Waals surface area contributed by atoms with Crippen LogP contribution < -0.4 is 19.5 Å². The monoisotopic (exact) mass is 613 g/mol. The molecule has 0 spiro atoms. The van der Waals surface area contributed by atoms with E-state index in [0.29, 0.717) is 5.56 Å². The Morgan fingerprint density at radius 1 is 1.00 bits per heavy atom. The fourth-order valence-electron chi connectivity index (χ4n) is 5.26. The Kier molecular flexibility index (Phi) is 11.0. The fourth-order valence-corrected chi connectivity index (χ4v) is 5.26. The molecule has 2 unspecified atom stereocenters. The zero-order valence-electron chi connectivity index (χ0n) is 25.8. The summed E-state index contributed by atoms with van der Waals surface area (Å²) in [6.07, 6.45) is 1.20. The van der Waals surface area contributed by atoms with Crippen molar-refractivity contribution in [1.82, 2.24) is 15.1 Å². The van der Waals surface area contributed by atoms with Gasteiger partial charge in [0.25, 0.3) is 17.5 Å². The largest absolute Gasteiger partial charge is 0.493 e. The summed E-state index contributed by atoms with van der Waals surface area (Å²) < 4.78 is 21.6. The van der Waals surface area contributed by atoms with Gasteiger partial charge in [0.1, 0.15) is 18.7 Å². The Bertz CT molecular complexity index is 1390. The van der Waals surface area contributed by atoms with E-state index in [9.17, 15) is 29.4 Å². The first-order valence-corrected chi connectivity index (χ1v) is 13.8. The maximum atomic E-state index is 14.6. The Morgan fingerprint density at radius 2 is 1.59 bits per heavy atom. The van der Waals surface area contributed by atoms with Gasteiger partial charge >= 0.3 is 5.97 Å². The Morgan fingerprint density at radius 3 is 2.05 bits per heavy atom. The van der Waals surface area contributed by atoms with E-state index in [0.717, 1.165) is 11.8 Å². The van der Waals surface area contributed by atoms with E-state index in [1.165, 1.54) is 51.7 Å². The summed E-state index contributed by atoms with van der Waals surface area (Å²) in [7, 11) is 5.58. The molecule has 13 heteroatoms. The van der Waals surface area contributed by atoms with E-state index >= 15 is 0 Å². The second kappa shape index (κ2) is 14.2. The number of ether oxygens (including phenoxy) is 4. The van der Waals surface area contributed by atoms with Gasteiger partial charge in [0.15, 0.2) is 11.5 Å². The zero-order chi connectivity index (χ0) is 32.8. The molecule has 0 radical (unpaired) electrons. The van der Waals surface area contributed by atoms with Crippen LogP contribution in [0.5, 0.6) is 17.2 Å². The number of methoxy groups -OCH3 is 4. The molecule has 3 amide bonds. The van der Waals surface area contributed by atoms with Crippen molar-refractivity contribution in [2.45, 2.75) is 45.0 Å². The van der Waals surface area contributed by atoms with Crippen molar-refractivity contribution in [2.75, 3.05) is 35.0 Å². The normalized spacial score (nSPS) is 17.0. The molecule has 238 valence electrons. The molecule has 2 aromatic carbocycles. The minimum absolute atomic E-state index is 0.0292. The number of carbonyl (C=O) groups is 4. The highest BCUT2D eigenvalue weighted by atomic mass is 16.5. The number of hydrogen-bond acceptors (Lipinski definition) is 9. The van der Waals surface area contributed by atoms with Crippen LogP contribution in [0.4, 0.5) is 0 Å². The molecule has 2 aromatic rings. The summed E-state index contributed by atoms with van der Waals surface area (Å²) in [6.45, 7) is 4.18. The minimum atomic E-state index is -2.96. The topological polar surface area (TPSA) is 164 Å². The molecule has 1 aliphatic heterocycles. The van der Waals surface area contributed by atoms with Crippen molar-refractivity contribution in [3.05, 3.63) is 59.8 Å². The predicted octanol–water partition coefficient (Wildman–Crippen LogP) is 1.87. The molecule has 13 nitrogen and oxygen atoms in total. The number of nitrogens with one attached hydrogen (secondary N) is 1. The smallest absolute Gasteiger partial charge is 0.359 e. The van der Waals surface area contributed by atoms with Crippen LogP contribution >= 0.6 is 0 Å². The van der Waals surface area contributed by atoms with Crippen molar-refractivity contribution in [3.63, 3.8) is 0 Å². The van der Waals surface area contributed by atoms with E-state index in [4.69, 9.17) is 18.9 Å². The van der Waals surface area contributed by atoms with Gasteiger partial charge in [-0.25, -0.2) is 4.79 Å². The third-order valence-electron chi connectivity index (χ3n) is 7.22. The van der Waals surface area contributed by atoms with Crippen LogP contribution in [-0.2, 0) is 30.3 Å². The lowest BCUT2D eigenvalue weighted by Crippen LogP contribution is -2.70. The quantitative estimate of drug-likeness (QED) is 0.284. The summed E-state index contributed by atoms with van der Waals surface area (Å²) in [4.78, 5) is 55.4. The highest BCUT2D eigenvalue weighted by molar-refractivity contribution is 5.99. The molecule has 44 heavy (non-hydrogen) atoms. The van der Waals surface area contributed by atoms with E-state index in [-0.39, 0.29) is 41.5 Å². The number of hydrogen-bond donors (Lipinski definition) is 3. The highest BCUT2D eigenvalue weighted by Gasteiger charge is 2.54. The van der Waals surface area contributed by atoms with Gasteiger partial charge in [0, 0.05) is 25.8 Å². The van der Waals surface area contributed by atoms with Gasteiger partial charge < -0.3 is 39.4 Å². The molecule has 0 saturated heterocycles.